The zero-order valence-corrected chi connectivity index (χ0v) is 19.4. The van der Waals surface area contributed by atoms with Gasteiger partial charge in [0.25, 0.3) is 0 Å². The van der Waals surface area contributed by atoms with Crippen LogP contribution in [0, 0.1) is 0 Å². The molecule has 34 heavy (non-hydrogen) atoms. The van der Waals surface area contributed by atoms with E-state index in [9.17, 15) is 0 Å². The minimum Gasteiger partial charge on any atom is -0.374 e. The molecule has 0 saturated carbocycles. The van der Waals surface area contributed by atoms with Crippen LogP contribution in [-0.4, -0.2) is 38.6 Å². The van der Waals surface area contributed by atoms with Crippen LogP contribution in [0.2, 0.25) is 0 Å². The Labute approximate surface area is 200 Å². The van der Waals surface area contributed by atoms with Crippen LogP contribution < -0.4 is 0 Å². The van der Waals surface area contributed by atoms with Crippen molar-refractivity contribution in [1.29, 1.82) is 0 Å². The highest BCUT2D eigenvalue weighted by Gasteiger charge is 2.22. The van der Waals surface area contributed by atoms with E-state index in [-0.39, 0.29) is 0 Å². The first kappa shape index (κ1) is 21.8. The summed E-state index contributed by atoms with van der Waals surface area (Å²) in [6.07, 6.45) is 2.69. The number of epoxide rings is 2. The summed E-state index contributed by atoms with van der Waals surface area (Å²) in [5, 5.41) is 5.10. The van der Waals surface area contributed by atoms with E-state index in [0.717, 1.165) is 26.1 Å². The summed E-state index contributed by atoms with van der Waals surface area (Å²) < 4.78 is 21.9. The number of benzene rings is 4. The maximum Gasteiger partial charge on any atom is 0.104 e. The second kappa shape index (κ2) is 9.85. The van der Waals surface area contributed by atoms with E-state index >= 15 is 0 Å². The molecule has 2 aliphatic heterocycles. The highest BCUT2D eigenvalue weighted by molar-refractivity contribution is 5.84. The van der Waals surface area contributed by atoms with Crippen LogP contribution in [0.1, 0.15) is 22.3 Å². The van der Waals surface area contributed by atoms with Crippen LogP contribution in [0.15, 0.2) is 72.8 Å². The SMILES string of the molecule is c1cc2cc(COCC3CO3)ccc2cc1CCc1ccc2cc(COCC3CO3)ccc2c1. The lowest BCUT2D eigenvalue weighted by molar-refractivity contribution is 0.104. The van der Waals surface area contributed by atoms with E-state index in [4.69, 9.17) is 18.9 Å². The monoisotopic (exact) mass is 454 g/mol. The third-order valence-corrected chi connectivity index (χ3v) is 6.59. The zero-order chi connectivity index (χ0) is 22.7. The summed E-state index contributed by atoms with van der Waals surface area (Å²) in [6, 6.07) is 26.8. The summed E-state index contributed by atoms with van der Waals surface area (Å²) in [5.41, 5.74) is 5.16. The fraction of sp³-hybridized carbons (Fsp3) is 0.333. The summed E-state index contributed by atoms with van der Waals surface area (Å²) in [6.45, 7) is 4.35. The van der Waals surface area contributed by atoms with Gasteiger partial charge in [0.15, 0.2) is 0 Å². The fourth-order valence-electron chi connectivity index (χ4n) is 4.41. The Hall–Kier alpha value is -2.76. The van der Waals surface area contributed by atoms with Gasteiger partial charge in [-0.3, -0.25) is 0 Å². The topological polar surface area (TPSA) is 43.5 Å². The average Bonchev–Trinajstić information content (AvgIpc) is 3.79. The molecule has 2 heterocycles. The molecule has 4 heteroatoms. The number of rotatable bonds is 11. The molecular weight excluding hydrogens is 424 g/mol. The van der Waals surface area contributed by atoms with Crippen molar-refractivity contribution in [3.8, 4) is 0 Å². The Morgan fingerprint density at radius 3 is 1.26 bits per heavy atom. The van der Waals surface area contributed by atoms with Gasteiger partial charge in [0.1, 0.15) is 12.2 Å². The summed E-state index contributed by atoms with van der Waals surface area (Å²) in [7, 11) is 0. The molecule has 4 aromatic rings. The smallest absolute Gasteiger partial charge is 0.104 e. The van der Waals surface area contributed by atoms with Gasteiger partial charge < -0.3 is 18.9 Å². The standard InChI is InChI=1S/C30H30O4/c1(21-3-7-27-13-23(5-9-25(27)11-21)15-31-17-29-19-33-29)2-22-4-8-28-14-24(6-10-26(28)12-22)16-32-18-30-20-34-30/h3-14,29-30H,1-2,15-20H2. The fourth-order valence-corrected chi connectivity index (χ4v) is 4.41. The number of hydrogen-bond donors (Lipinski definition) is 0. The number of ether oxygens (including phenoxy) is 4. The molecule has 0 aromatic heterocycles. The molecule has 2 saturated heterocycles. The Morgan fingerprint density at radius 1 is 0.529 bits per heavy atom. The molecule has 4 nitrogen and oxygen atoms in total. The van der Waals surface area contributed by atoms with E-state index in [0.29, 0.717) is 38.6 Å². The predicted octanol–water partition coefficient (Wildman–Crippen LogP) is 5.61. The highest BCUT2D eigenvalue weighted by Crippen LogP contribution is 2.23. The minimum absolute atomic E-state index is 0.315. The van der Waals surface area contributed by atoms with Crippen LogP contribution in [0.5, 0.6) is 0 Å². The maximum absolute atomic E-state index is 5.73. The lowest BCUT2D eigenvalue weighted by Gasteiger charge is -2.09. The lowest BCUT2D eigenvalue weighted by atomic mass is 9.98. The van der Waals surface area contributed by atoms with E-state index in [2.05, 4.69) is 72.8 Å². The molecule has 174 valence electrons. The second-order valence-electron chi connectivity index (χ2n) is 9.47. The van der Waals surface area contributed by atoms with E-state index < -0.39 is 0 Å². The van der Waals surface area contributed by atoms with Gasteiger partial charge >= 0.3 is 0 Å². The van der Waals surface area contributed by atoms with Crippen molar-refractivity contribution in [3.63, 3.8) is 0 Å². The van der Waals surface area contributed by atoms with Gasteiger partial charge in [-0.1, -0.05) is 60.7 Å². The molecule has 0 bridgehead atoms. The average molecular weight is 455 g/mol. The molecule has 2 atom stereocenters. The van der Waals surface area contributed by atoms with E-state index in [1.54, 1.807) is 0 Å². The van der Waals surface area contributed by atoms with Gasteiger partial charge in [0.05, 0.1) is 39.6 Å². The molecule has 6 rings (SSSR count). The molecule has 0 amide bonds. The van der Waals surface area contributed by atoms with Crippen molar-refractivity contribution < 1.29 is 18.9 Å². The van der Waals surface area contributed by atoms with Crippen LogP contribution in [-0.2, 0) is 45.0 Å². The Balaban J connectivity index is 1.06. The molecule has 2 unspecified atom stereocenters. The normalized spacial score (nSPS) is 19.1. The lowest BCUT2D eigenvalue weighted by Crippen LogP contribution is -2.01. The molecule has 0 spiro atoms. The minimum atomic E-state index is 0.315. The Kier molecular flexibility index (Phi) is 6.30. The summed E-state index contributed by atoms with van der Waals surface area (Å²) in [5.74, 6) is 0. The number of aryl methyl sites for hydroxylation is 2. The first-order chi connectivity index (χ1) is 16.8. The molecule has 0 aliphatic carbocycles. The number of hydrogen-bond acceptors (Lipinski definition) is 4. The van der Waals surface area contributed by atoms with E-state index in [1.807, 2.05) is 0 Å². The first-order valence-electron chi connectivity index (χ1n) is 12.2. The molecule has 2 aliphatic rings. The first-order valence-corrected chi connectivity index (χ1v) is 12.2. The van der Waals surface area contributed by atoms with Crippen LogP contribution in [0.25, 0.3) is 21.5 Å². The molecular formula is C30H30O4. The van der Waals surface area contributed by atoms with Gasteiger partial charge in [-0.25, -0.2) is 0 Å². The van der Waals surface area contributed by atoms with Crippen molar-refractivity contribution in [3.05, 3.63) is 95.1 Å². The molecule has 2 fully saturated rings. The quantitative estimate of drug-likeness (QED) is 0.276. The maximum atomic E-state index is 5.73. The van der Waals surface area contributed by atoms with Gasteiger partial charge in [0.2, 0.25) is 0 Å². The number of fused-ring (bicyclic) bond motifs is 2. The molecule has 4 aromatic carbocycles. The van der Waals surface area contributed by atoms with Crippen molar-refractivity contribution in [2.75, 3.05) is 26.4 Å². The van der Waals surface area contributed by atoms with Gasteiger partial charge in [-0.2, -0.15) is 0 Å². The zero-order valence-electron chi connectivity index (χ0n) is 19.4. The van der Waals surface area contributed by atoms with Gasteiger partial charge in [-0.05, 0) is 68.8 Å². The molecule has 0 N–H and O–H groups in total. The van der Waals surface area contributed by atoms with Crippen molar-refractivity contribution >= 4 is 21.5 Å². The molecule has 0 radical (unpaired) electrons. The largest absolute Gasteiger partial charge is 0.374 e. The van der Waals surface area contributed by atoms with Crippen molar-refractivity contribution in [2.24, 2.45) is 0 Å². The van der Waals surface area contributed by atoms with Crippen LogP contribution >= 0.6 is 0 Å². The highest BCUT2D eigenvalue weighted by atomic mass is 16.6. The summed E-state index contributed by atoms with van der Waals surface area (Å²) in [4.78, 5) is 0. The predicted molar refractivity (Wildman–Crippen MR) is 134 cm³/mol. The van der Waals surface area contributed by atoms with Crippen molar-refractivity contribution in [2.45, 2.75) is 38.3 Å². The summed E-state index contributed by atoms with van der Waals surface area (Å²) >= 11 is 0. The van der Waals surface area contributed by atoms with E-state index in [1.165, 1.54) is 43.8 Å². The van der Waals surface area contributed by atoms with Crippen molar-refractivity contribution in [1.82, 2.24) is 0 Å². The Morgan fingerprint density at radius 2 is 0.882 bits per heavy atom. The second-order valence-corrected chi connectivity index (χ2v) is 9.47. The van der Waals surface area contributed by atoms with Crippen LogP contribution in [0.3, 0.4) is 0 Å². The van der Waals surface area contributed by atoms with Gasteiger partial charge in [0, 0.05) is 0 Å². The Bertz CT molecular complexity index is 1190. The van der Waals surface area contributed by atoms with Crippen LogP contribution in [0.4, 0.5) is 0 Å². The third-order valence-electron chi connectivity index (χ3n) is 6.59. The van der Waals surface area contributed by atoms with Gasteiger partial charge in [-0.15, -0.1) is 0 Å². The third kappa shape index (κ3) is 5.65.